The van der Waals surface area contributed by atoms with E-state index in [-0.39, 0.29) is 6.61 Å². The van der Waals surface area contributed by atoms with Crippen LogP contribution < -0.4 is 9.47 Å². The van der Waals surface area contributed by atoms with Gasteiger partial charge in [-0.05, 0) is 69.5 Å². The van der Waals surface area contributed by atoms with Crippen LogP contribution in [0.25, 0.3) is 22.7 Å². The molecule has 1 N–H and O–H groups in total. The van der Waals surface area contributed by atoms with E-state index >= 15 is 0 Å². The number of aromatic nitrogens is 2. The number of methoxy groups -OCH3 is 1. The van der Waals surface area contributed by atoms with Gasteiger partial charge in [-0.25, -0.2) is 4.98 Å². The predicted molar refractivity (Wildman–Crippen MR) is 136 cm³/mol. The largest absolute Gasteiger partial charge is 0.497 e. The van der Waals surface area contributed by atoms with Crippen molar-refractivity contribution >= 4 is 73.4 Å². The summed E-state index contributed by atoms with van der Waals surface area (Å²) in [5.74, 6) is 1.63. The van der Waals surface area contributed by atoms with Gasteiger partial charge in [-0.3, -0.25) is 0 Å². The van der Waals surface area contributed by atoms with Crippen LogP contribution >= 0.6 is 50.7 Å². The molecule has 0 aliphatic heterocycles. The second-order valence-corrected chi connectivity index (χ2v) is 9.07. The van der Waals surface area contributed by atoms with Crippen molar-refractivity contribution in [2.75, 3.05) is 7.11 Å². The molecule has 0 unspecified atom stereocenters. The van der Waals surface area contributed by atoms with Gasteiger partial charge in [-0.1, -0.05) is 40.9 Å². The minimum absolute atomic E-state index is 0.260. The van der Waals surface area contributed by atoms with Crippen molar-refractivity contribution in [2.45, 2.75) is 6.61 Å². The maximum Gasteiger partial charge on any atom is 0.152 e. The Morgan fingerprint density at radius 3 is 2.61 bits per heavy atom. The van der Waals surface area contributed by atoms with Crippen LogP contribution in [0.4, 0.5) is 0 Å². The molecular formula is C24H15BrCl3N3O2. The Labute approximate surface area is 213 Å². The Balaban J connectivity index is 1.59. The summed E-state index contributed by atoms with van der Waals surface area (Å²) in [7, 11) is 1.60. The summed E-state index contributed by atoms with van der Waals surface area (Å²) < 4.78 is 11.8. The summed E-state index contributed by atoms with van der Waals surface area (Å²) in [4.78, 5) is 7.66. The van der Waals surface area contributed by atoms with E-state index in [1.54, 1.807) is 31.4 Å². The predicted octanol–water partition coefficient (Wildman–Crippen LogP) is 7.94. The molecule has 1 heterocycles. The van der Waals surface area contributed by atoms with E-state index in [0.29, 0.717) is 48.0 Å². The van der Waals surface area contributed by atoms with Gasteiger partial charge in [0.15, 0.2) is 5.75 Å². The summed E-state index contributed by atoms with van der Waals surface area (Å²) in [5, 5.41) is 11.0. The molecule has 0 aliphatic rings. The zero-order valence-electron chi connectivity index (χ0n) is 17.1. The van der Waals surface area contributed by atoms with Crippen LogP contribution in [0, 0.1) is 11.3 Å². The van der Waals surface area contributed by atoms with Gasteiger partial charge in [0, 0.05) is 6.07 Å². The average molecular weight is 564 g/mol. The van der Waals surface area contributed by atoms with E-state index in [1.165, 1.54) is 0 Å². The lowest BCUT2D eigenvalue weighted by molar-refractivity contribution is 0.304. The third kappa shape index (κ3) is 5.29. The van der Waals surface area contributed by atoms with Gasteiger partial charge in [0.1, 0.15) is 24.3 Å². The number of nitrogens with zero attached hydrogens (tertiary/aromatic N) is 2. The molecule has 0 fully saturated rings. The van der Waals surface area contributed by atoms with E-state index in [4.69, 9.17) is 44.3 Å². The molecule has 33 heavy (non-hydrogen) atoms. The maximum absolute atomic E-state index is 9.72. The third-order valence-corrected chi connectivity index (χ3v) is 6.37. The first-order valence-corrected chi connectivity index (χ1v) is 11.5. The second kappa shape index (κ2) is 10.1. The first-order chi connectivity index (χ1) is 15.9. The number of halogens is 4. The Morgan fingerprint density at radius 1 is 1.09 bits per heavy atom. The summed E-state index contributed by atoms with van der Waals surface area (Å²) in [6, 6.07) is 16.5. The van der Waals surface area contributed by atoms with Crippen molar-refractivity contribution < 1.29 is 9.47 Å². The molecule has 9 heteroatoms. The molecule has 0 atom stereocenters. The topological polar surface area (TPSA) is 70.9 Å². The van der Waals surface area contributed by atoms with Gasteiger partial charge < -0.3 is 14.5 Å². The zero-order valence-corrected chi connectivity index (χ0v) is 21.0. The summed E-state index contributed by atoms with van der Waals surface area (Å²) >= 11 is 22.0. The maximum atomic E-state index is 9.72. The fourth-order valence-electron chi connectivity index (χ4n) is 3.15. The number of nitriles is 1. The van der Waals surface area contributed by atoms with E-state index in [1.807, 2.05) is 30.3 Å². The normalized spacial score (nSPS) is 11.5. The van der Waals surface area contributed by atoms with Crippen LogP contribution in [0.2, 0.25) is 15.1 Å². The highest BCUT2D eigenvalue weighted by atomic mass is 79.9. The van der Waals surface area contributed by atoms with Crippen LogP contribution in [-0.4, -0.2) is 17.1 Å². The van der Waals surface area contributed by atoms with E-state index in [2.05, 4.69) is 32.0 Å². The SMILES string of the molecule is COc1ccc2nc(/C(C#N)=C\c3cc(Cl)c(OCc4ccc(Cl)c(Cl)c4)c(Br)c3)[nH]c2c1. The van der Waals surface area contributed by atoms with E-state index < -0.39 is 0 Å². The van der Waals surface area contributed by atoms with Crippen LogP contribution in [-0.2, 0) is 6.61 Å². The Bertz CT molecular complexity index is 1400. The molecular weight excluding hydrogens is 549 g/mol. The lowest BCUT2D eigenvalue weighted by Gasteiger charge is -2.12. The van der Waals surface area contributed by atoms with Gasteiger partial charge in [0.2, 0.25) is 0 Å². The molecule has 0 saturated carbocycles. The number of benzene rings is 3. The number of ether oxygens (including phenoxy) is 2. The van der Waals surface area contributed by atoms with Crippen molar-refractivity contribution in [1.29, 1.82) is 5.26 Å². The number of H-pyrrole nitrogens is 1. The van der Waals surface area contributed by atoms with Crippen molar-refractivity contribution in [3.05, 3.63) is 85.0 Å². The smallest absolute Gasteiger partial charge is 0.152 e. The van der Waals surface area contributed by atoms with Gasteiger partial charge >= 0.3 is 0 Å². The highest BCUT2D eigenvalue weighted by Crippen LogP contribution is 2.36. The molecule has 4 aromatic rings. The zero-order chi connectivity index (χ0) is 23.5. The van der Waals surface area contributed by atoms with E-state index in [0.717, 1.165) is 16.6 Å². The number of fused-ring (bicyclic) bond motifs is 1. The molecule has 5 nitrogen and oxygen atoms in total. The van der Waals surface area contributed by atoms with Crippen LogP contribution in [0.1, 0.15) is 17.0 Å². The molecule has 0 spiro atoms. The number of rotatable bonds is 6. The minimum atomic E-state index is 0.260. The quantitative estimate of drug-likeness (QED) is 0.242. The number of nitrogens with one attached hydrogen (secondary N) is 1. The third-order valence-electron chi connectivity index (χ3n) is 4.76. The Morgan fingerprint density at radius 2 is 1.91 bits per heavy atom. The first-order valence-electron chi connectivity index (χ1n) is 9.59. The van der Waals surface area contributed by atoms with Gasteiger partial charge in [0.05, 0.1) is 43.3 Å². The average Bonchev–Trinajstić information content (AvgIpc) is 3.22. The number of hydrogen-bond acceptors (Lipinski definition) is 4. The number of hydrogen-bond donors (Lipinski definition) is 1. The Hall–Kier alpha value is -2.69. The molecule has 0 radical (unpaired) electrons. The van der Waals surface area contributed by atoms with Crippen LogP contribution in [0.5, 0.6) is 11.5 Å². The summed E-state index contributed by atoms with van der Waals surface area (Å²) in [6.07, 6.45) is 1.70. The van der Waals surface area contributed by atoms with Gasteiger partial charge in [0.25, 0.3) is 0 Å². The van der Waals surface area contributed by atoms with Gasteiger partial charge in [-0.2, -0.15) is 5.26 Å². The second-order valence-electron chi connectivity index (χ2n) is 6.99. The number of allylic oxidation sites excluding steroid dienone is 1. The molecule has 3 aromatic carbocycles. The molecule has 166 valence electrons. The molecule has 0 aliphatic carbocycles. The van der Waals surface area contributed by atoms with E-state index in [9.17, 15) is 5.26 Å². The lowest BCUT2D eigenvalue weighted by Crippen LogP contribution is -1.97. The number of aromatic amines is 1. The van der Waals surface area contributed by atoms with Crippen LogP contribution in [0.15, 0.2) is 53.0 Å². The fraction of sp³-hybridized carbons (Fsp3) is 0.0833. The van der Waals surface area contributed by atoms with Crippen molar-refractivity contribution in [3.63, 3.8) is 0 Å². The molecule has 0 bridgehead atoms. The van der Waals surface area contributed by atoms with Crippen molar-refractivity contribution in [2.24, 2.45) is 0 Å². The van der Waals surface area contributed by atoms with Gasteiger partial charge in [-0.15, -0.1) is 0 Å². The minimum Gasteiger partial charge on any atom is -0.497 e. The highest BCUT2D eigenvalue weighted by molar-refractivity contribution is 9.10. The highest BCUT2D eigenvalue weighted by Gasteiger charge is 2.13. The lowest BCUT2D eigenvalue weighted by atomic mass is 10.1. The molecule has 0 saturated heterocycles. The van der Waals surface area contributed by atoms with Crippen molar-refractivity contribution in [1.82, 2.24) is 9.97 Å². The standard InChI is InChI=1S/C24H15BrCl3N3O2/c1-32-16-3-5-21-22(10-16)31-24(30-21)15(11-29)6-14-7-17(25)23(20(28)9-14)33-12-13-2-4-18(26)19(27)8-13/h2-10H,12H2,1H3,(H,30,31)/b15-6-. The number of imidazole rings is 1. The molecule has 1 aromatic heterocycles. The molecule has 0 amide bonds. The van der Waals surface area contributed by atoms with Crippen LogP contribution in [0.3, 0.4) is 0 Å². The summed E-state index contributed by atoms with van der Waals surface area (Å²) in [5.41, 5.74) is 3.43. The molecule has 4 rings (SSSR count). The monoisotopic (exact) mass is 561 g/mol. The first kappa shape index (κ1) is 23.5. The Kier molecular flexibility index (Phi) is 7.16. The van der Waals surface area contributed by atoms with Crippen molar-refractivity contribution in [3.8, 4) is 17.6 Å². The fourth-order valence-corrected chi connectivity index (χ4v) is 4.46. The summed E-state index contributed by atoms with van der Waals surface area (Å²) in [6.45, 7) is 0.260.